The molecule has 6 nitrogen and oxygen atoms in total. The summed E-state index contributed by atoms with van der Waals surface area (Å²) in [4.78, 5) is 11.4. The molecule has 0 radical (unpaired) electrons. The number of nitrogens with one attached hydrogen (secondary N) is 2. The molecule has 0 fully saturated rings. The minimum atomic E-state index is 0.552. The summed E-state index contributed by atoms with van der Waals surface area (Å²) in [5.41, 5.74) is 12.9. The zero-order valence-electron chi connectivity index (χ0n) is 14.8. The van der Waals surface area contributed by atoms with Crippen LogP contribution in [-0.4, -0.2) is 24.6 Å². The van der Waals surface area contributed by atoms with Crippen molar-refractivity contribution in [3.8, 4) is 22.5 Å². The van der Waals surface area contributed by atoms with Crippen LogP contribution in [0.1, 0.15) is 0 Å². The maximum atomic E-state index is 6.33. The molecule has 28 heavy (non-hydrogen) atoms. The average Bonchev–Trinajstić information content (AvgIpc) is 3.43. The van der Waals surface area contributed by atoms with Gasteiger partial charge in [0.15, 0.2) is 5.65 Å². The smallest absolute Gasteiger partial charge is 0.158 e. The summed E-state index contributed by atoms with van der Waals surface area (Å²) in [7, 11) is 0. The predicted octanol–water partition coefficient (Wildman–Crippen LogP) is 4.61. The summed E-state index contributed by atoms with van der Waals surface area (Å²) >= 11 is 0. The van der Waals surface area contributed by atoms with Gasteiger partial charge in [0.25, 0.3) is 0 Å². The van der Waals surface area contributed by atoms with E-state index in [0.29, 0.717) is 5.82 Å². The normalized spacial score (nSPS) is 11.7. The first-order valence-corrected chi connectivity index (χ1v) is 9.07. The molecule has 134 valence electrons. The number of para-hydroxylation sites is 2. The van der Waals surface area contributed by atoms with E-state index in [0.717, 1.165) is 50.0 Å². The number of nitrogen functional groups attached to an aromatic ring is 1. The molecule has 0 unspecified atom stereocenters. The predicted molar refractivity (Wildman–Crippen MR) is 112 cm³/mol. The molecule has 6 heteroatoms. The van der Waals surface area contributed by atoms with Crippen molar-refractivity contribution < 1.29 is 0 Å². The summed E-state index contributed by atoms with van der Waals surface area (Å²) in [6, 6.07) is 20.2. The first kappa shape index (κ1) is 15.0. The van der Waals surface area contributed by atoms with Gasteiger partial charge in [-0.15, -0.1) is 0 Å². The molecule has 0 saturated carbocycles. The quantitative estimate of drug-likeness (QED) is 0.419. The largest absolute Gasteiger partial charge is 0.384 e. The molecule has 6 aromatic rings. The van der Waals surface area contributed by atoms with Crippen LogP contribution < -0.4 is 5.73 Å². The van der Waals surface area contributed by atoms with Crippen molar-refractivity contribution in [1.29, 1.82) is 0 Å². The Hall–Kier alpha value is -4.06. The fourth-order valence-corrected chi connectivity index (χ4v) is 3.83. The fourth-order valence-electron chi connectivity index (χ4n) is 3.83. The Morgan fingerprint density at radius 1 is 0.750 bits per heavy atom. The summed E-state index contributed by atoms with van der Waals surface area (Å²) in [6.07, 6.45) is 3.95. The highest BCUT2D eigenvalue weighted by Crippen LogP contribution is 2.31. The van der Waals surface area contributed by atoms with Crippen molar-refractivity contribution >= 4 is 33.3 Å². The van der Waals surface area contributed by atoms with Crippen LogP contribution in [0, 0.1) is 0 Å². The summed E-state index contributed by atoms with van der Waals surface area (Å²) < 4.78 is 1.69. The molecule has 0 saturated heterocycles. The first-order valence-electron chi connectivity index (χ1n) is 9.07. The number of rotatable bonds is 2. The number of anilines is 1. The van der Waals surface area contributed by atoms with E-state index >= 15 is 0 Å². The minimum absolute atomic E-state index is 0.552. The number of H-pyrrole nitrogens is 2. The number of benzene rings is 2. The van der Waals surface area contributed by atoms with Gasteiger partial charge < -0.3 is 15.7 Å². The molecule has 0 amide bonds. The van der Waals surface area contributed by atoms with Crippen LogP contribution in [0.3, 0.4) is 0 Å². The minimum Gasteiger partial charge on any atom is -0.384 e. The third-order valence-corrected chi connectivity index (χ3v) is 5.19. The molecule has 4 heterocycles. The highest BCUT2D eigenvalue weighted by atomic mass is 15.3. The zero-order valence-corrected chi connectivity index (χ0v) is 14.8. The van der Waals surface area contributed by atoms with Gasteiger partial charge in [0.05, 0.1) is 11.4 Å². The van der Waals surface area contributed by atoms with E-state index in [1.54, 1.807) is 4.52 Å². The van der Waals surface area contributed by atoms with E-state index in [9.17, 15) is 0 Å². The van der Waals surface area contributed by atoms with Crippen LogP contribution in [0.25, 0.3) is 50.0 Å². The van der Waals surface area contributed by atoms with Gasteiger partial charge in [-0.25, -0.2) is 4.98 Å². The third kappa shape index (κ3) is 2.08. The Morgan fingerprint density at radius 2 is 1.36 bits per heavy atom. The molecule has 0 aliphatic heterocycles. The molecule has 0 bridgehead atoms. The topological polar surface area (TPSA) is 87.8 Å². The maximum absolute atomic E-state index is 6.33. The van der Waals surface area contributed by atoms with E-state index in [2.05, 4.69) is 34.2 Å². The van der Waals surface area contributed by atoms with Crippen molar-refractivity contribution in [3.05, 3.63) is 73.1 Å². The molecule has 0 aliphatic rings. The van der Waals surface area contributed by atoms with Crippen molar-refractivity contribution in [3.63, 3.8) is 0 Å². The van der Waals surface area contributed by atoms with Crippen molar-refractivity contribution in [1.82, 2.24) is 24.6 Å². The van der Waals surface area contributed by atoms with Crippen LogP contribution in [0.5, 0.6) is 0 Å². The fraction of sp³-hybridized carbons (Fsp3) is 0. The van der Waals surface area contributed by atoms with Crippen LogP contribution in [0.15, 0.2) is 73.1 Å². The van der Waals surface area contributed by atoms with E-state index in [1.807, 2.05) is 48.8 Å². The number of fused-ring (bicyclic) bond motifs is 3. The van der Waals surface area contributed by atoms with Gasteiger partial charge in [0.1, 0.15) is 5.82 Å². The monoisotopic (exact) mass is 364 g/mol. The Morgan fingerprint density at radius 3 is 2.04 bits per heavy atom. The van der Waals surface area contributed by atoms with Crippen molar-refractivity contribution in [2.45, 2.75) is 0 Å². The molecule has 2 aromatic carbocycles. The van der Waals surface area contributed by atoms with Crippen LogP contribution in [0.4, 0.5) is 5.82 Å². The molecule has 0 atom stereocenters. The highest BCUT2D eigenvalue weighted by Gasteiger charge is 2.14. The molecule has 0 aliphatic carbocycles. The van der Waals surface area contributed by atoms with Crippen LogP contribution >= 0.6 is 0 Å². The lowest BCUT2D eigenvalue weighted by molar-refractivity contribution is 0.958. The van der Waals surface area contributed by atoms with Gasteiger partial charge in [0, 0.05) is 57.5 Å². The first-order chi connectivity index (χ1) is 13.8. The van der Waals surface area contributed by atoms with Crippen LogP contribution in [0.2, 0.25) is 0 Å². The van der Waals surface area contributed by atoms with Gasteiger partial charge in [0.2, 0.25) is 0 Å². The Bertz CT molecular complexity index is 1480. The standard InChI is InChI=1S/C22H16N6/c23-21-9-19(15-11-24-17-7-3-1-5-13(15)17)26-22-10-20(27-28(21)22)16-12-25-18-8-4-2-6-14(16)18/h1-12,24-25H,23H2. The molecular weight excluding hydrogens is 348 g/mol. The summed E-state index contributed by atoms with van der Waals surface area (Å²) in [5, 5.41) is 6.94. The number of hydrogen-bond donors (Lipinski definition) is 3. The van der Waals surface area contributed by atoms with Gasteiger partial charge >= 0.3 is 0 Å². The Kier molecular flexibility index (Phi) is 2.94. The van der Waals surface area contributed by atoms with Crippen molar-refractivity contribution in [2.75, 3.05) is 5.73 Å². The maximum Gasteiger partial charge on any atom is 0.158 e. The van der Waals surface area contributed by atoms with Gasteiger partial charge in [-0.1, -0.05) is 36.4 Å². The number of hydrogen-bond acceptors (Lipinski definition) is 3. The number of aromatic nitrogens is 5. The van der Waals surface area contributed by atoms with Gasteiger partial charge in [-0.2, -0.15) is 9.61 Å². The Labute approximate surface area is 159 Å². The molecule has 4 N–H and O–H groups in total. The molecular formula is C22H16N6. The summed E-state index contributed by atoms with van der Waals surface area (Å²) in [5.74, 6) is 0.552. The van der Waals surface area contributed by atoms with E-state index in [4.69, 9.17) is 15.8 Å². The molecule has 6 rings (SSSR count). The molecule has 0 spiro atoms. The lowest BCUT2D eigenvalue weighted by atomic mass is 10.1. The van der Waals surface area contributed by atoms with E-state index < -0.39 is 0 Å². The van der Waals surface area contributed by atoms with Crippen molar-refractivity contribution in [2.24, 2.45) is 0 Å². The second-order valence-corrected chi connectivity index (χ2v) is 6.86. The lowest BCUT2D eigenvalue weighted by Gasteiger charge is -2.03. The highest BCUT2D eigenvalue weighted by molar-refractivity contribution is 5.96. The Balaban J connectivity index is 1.55. The summed E-state index contributed by atoms with van der Waals surface area (Å²) in [6.45, 7) is 0. The number of aromatic amines is 2. The van der Waals surface area contributed by atoms with E-state index in [-0.39, 0.29) is 0 Å². The zero-order chi connectivity index (χ0) is 18.7. The van der Waals surface area contributed by atoms with Gasteiger partial charge in [-0.05, 0) is 12.1 Å². The SMILES string of the molecule is Nc1cc(-c2c[nH]c3ccccc23)nc2cc(-c3c[nH]c4ccccc34)nn12. The van der Waals surface area contributed by atoms with E-state index in [1.165, 1.54) is 0 Å². The second kappa shape index (κ2) is 5.47. The van der Waals surface area contributed by atoms with Crippen LogP contribution in [-0.2, 0) is 0 Å². The average molecular weight is 364 g/mol. The second-order valence-electron chi connectivity index (χ2n) is 6.86. The lowest BCUT2D eigenvalue weighted by Crippen LogP contribution is -2.01. The van der Waals surface area contributed by atoms with Gasteiger partial charge in [-0.3, -0.25) is 0 Å². The number of nitrogens with zero attached hydrogens (tertiary/aromatic N) is 3. The molecule has 4 aromatic heterocycles. The number of nitrogens with two attached hydrogens (primary N) is 1. The third-order valence-electron chi connectivity index (χ3n) is 5.19.